The fourth-order valence-electron chi connectivity index (χ4n) is 4.41. The summed E-state index contributed by atoms with van der Waals surface area (Å²) in [6, 6.07) is 16.7. The molecule has 0 saturated heterocycles. The third kappa shape index (κ3) is 2.75. The lowest BCUT2D eigenvalue weighted by atomic mass is 9.81. The van der Waals surface area contributed by atoms with E-state index in [9.17, 15) is 0 Å². The number of para-hydroxylation sites is 1. The number of aromatic nitrogens is 1. The summed E-state index contributed by atoms with van der Waals surface area (Å²) in [4.78, 5) is 4.44. The quantitative estimate of drug-likeness (QED) is 0.439. The fraction of sp³-hybridized carbons (Fsp3) is 0.208. The van der Waals surface area contributed by atoms with Gasteiger partial charge in [-0.05, 0) is 66.0 Å². The molecular weight excluding hydrogens is 412 g/mol. The van der Waals surface area contributed by atoms with Gasteiger partial charge in [0.25, 0.3) is 0 Å². The number of hydrogen-bond acceptors (Lipinski definition) is 3. The first-order chi connectivity index (χ1) is 13.4. The van der Waals surface area contributed by atoms with E-state index < -0.39 is 0 Å². The van der Waals surface area contributed by atoms with E-state index in [1.54, 1.807) is 0 Å². The molecule has 3 heterocycles. The fourth-order valence-corrected chi connectivity index (χ4v) is 4.64. The predicted molar refractivity (Wildman–Crippen MR) is 118 cm³/mol. The average Bonchev–Trinajstić information content (AvgIpc) is 2.66. The molecule has 2 aromatic carbocycles. The van der Waals surface area contributed by atoms with E-state index in [1.807, 2.05) is 24.4 Å². The zero-order valence-electron chi connectivity index (χ0n) is 16.1. The molecule has 0 radical (unpaired) electrons. The summed E-state index contributed by atoms with van der Waals surface area (Å²) in [5.74, 6) is 0.911. The molecule has 0 unspecified atom stereocenters. The molecule has 0 saturated carbocycles. The van der Waals surface area contributed by atoms with Crippen molar-refractivity contribution in [3.05, 3.63) is 82.1 Å². The Morgan fingerprint density at radius 2 is 1.86 bits per heavy atom. The maximum Gasteiger partial charge on any atom is 0.152 e. The van der Waals surface area contributed by atoms with Crippen LogP contribution in [0, 0.1) is 0 Å². The molecule has 0 aliphatic carbocycles. The summed E-state index contributed by atoms with van der Waals surface area (Å²) in [7, 11) is 0. The van der Waals surface area contributed by atoms with Crippen molar-refractivity contribution < 1.29 is 4.74 Å². The van der Waals surface area contributed by atoms with E-state index in [0.29, 0.717) is 0 Å². The van der Waals surface area contributed by atoms with Crippen LogP contribution in [-0.2, 0) is 0 Å². The second-order valence-electron chi connectivity index (χ2n) is 8.03. The van der Waals surface area contributed by atoms with Gasteiger partial charge in [0.05, 0.1) is 5.54 Å². The van der Waals surface area contributed by atoms with Crippen molar-refractivity contribution in [1.29, 1.82) is 0 Å². The molecule has 0 amide bonds. The monoisotopic (exact) mass is 432 g/mol. The van der Waals surface area contributed by atoms with Crippen molar-refractivity contribution in [1.82, 2.24) is 4.98 Å². The van der Waals surface area contributed by atoms with E-state index in [0.717, 1.165) is 27.2 Å². The van der Waals surface area contributed by atoms with Crippen molar-refractivity contribution in [2.45, 2.75) is 32.4 Å². The molecule has 4 heteroatoms. The molecule has 1 N–H and O–H groups in total. The standard InChI is InChI=1S/C24H21BrN2O/c1-14-12-24(2,3)27-18-10-9-17-16-6-4-5-7-19(16)28-23(22(17)21(14)18)15-8-11-20(25)26-13-15/h4-13,23,27H,1-3H3/t23-/m0/s1. The molecule has 0 spiro atoms. The highest BCUT2D eigenvalue weighted by atomic mass is 79.9. The molecule has 5 rings (SSSR count). The minimum Gasteiger partial charge on any atom is -0.480 e. The zero-order valence-corrected chi connectivity index (χ0v) is 17.7. The normalized spacial score (nSPS) is 18.7. The maximum absolute atomic E-state index is 6.54. The topological polar surface area (TPSA) is 34.2 Å². The summed E-state index contributed by atoms with van der Waals surface area (Å²) < 4.78 is 7.36. The molecule has 0 fully saturated rings. The summed E-state index contributed by atoms with van der Waals surface area (Å²) >= 11 is 3.44. The van der Waals surface area contributed by atoms with Gasteiger partial charge >= 0.3 is 0 Å². The molecule has 1 atom stereocenters. The summed E-state index contributed by atoms with van der Waals surface area (Å²) in [5.41, 5.74) is 8.20. The maximum atomic E-state index is 6.54. The third-order valence-electron chi connectivity index (χ3n) is 5.41. The number of fused-ring (bicyclic) bond motifs is 5. The van der Waals surface area contributed by atoms with Gasteiger partial charge in [-0.2, -0.15) is 0 Å². The van der Waals surface area contributed by atoms with E-state index in [2.05, 4.69) is 83.4 Å². The van der Waals surface area contributed by atoms with Crippen LogP contribution in [0.25, 0.3) is 16.7 Å². The Labute approximate surface area is 173 Å². The smallest absolute Gasteiger partial charge is 0.152 e. The van der Waals surface area contributed by atoms with E-state index >= 15 is 0 Å². The number of nitrogens with one attached hydrogen (secondary N) is 1. The Morgan fingerprint density at radius 1 is 1.04 bits per heavy atom. The highest BCUT2D eigenvalue weighted by molar-refractivity contribution is 9.10. The summed E-state index contributed by atoms with van der Waals surface area (Å²) in [6.07, 6.45) is 3.99. The van der Waals surface area contributed by atoms with E-state index in [-0.39, 0.29) is 11.6 Å². The average molecular weight is 433 g/mol. The molecule has 3 nitrogen and oxygen atoms in total. The zero-order chi connectivity index (χ0) is 19.5. The van der Waals surface area contributed by atoms with Crippen molar-refractivity contribution in [2.24, 2.45) is 0 Å². The van der Waals surface area contributed by atoms with Crippen LogP contribution >= 0.6 is 15.9 Å². The molecule has 0 bridgehead atoms. The van der Waals surface area contributed by atoms with Crippen molar-refractivity contribution in [3.63, 3.8) is 0 Å². The van der Waals surface area contributed by atoms with Gasteiger partial charge in [-0.15, -0.1) is 0 Å². The second-order valence-corrected chi connectivity index (χ2v) is 8.84. The number of rotatable bonds is 1. The SMILES string of the molecule is CC1=CC(C)(C)Nc2ccc3c(c21)[C@H](c1ccc(Br)nc1)Oc1ccccc1-3. The number of halogens is 1. The summed E-state index contributed by atoms with van der Waals surface area (Å²) in [5, 5.41) is 3.67. The third-order valence-corrected chi connectivity index (χ3v) is 5.88. The van der Waals surface area contributed by atoms with Crippen LogP contribution in [-0.4, -0.2) is 10.5 Å². The van der Waals surface area contributed by atoms with Gasteiger partial charge in [-0.25, -0.2) is 4.98 Å². The highest BCUT2D eigenvalue weighted by Crippen LogP contribution is 2.50. The molecule has 1 aromatic heterocycles. The number of benzene rings is 2. The lowest BCUT2D eigenvalue weighted by Gasteiger charge is -2.37. The van der Waals surface area contributed by atoms with E-state index in [1.165, 1.54) is 22.3 Å². The minimum atomic E-state index is -0.202. The van der Waals surface area contributed by atoms with Gasteiger partial charge in [0, 0.05) is 34.1 Å². The largest absolute Gasteiger partial charge is 0.480 e. The number of hydrogen-bond donors (Lipinski definition) is 1. The van der Waals surface area contributed by atoms with Crippen LogP contribution in [0.5, 0.6) is 5.75 Å². The number of allylic oxidation sites excluding steroid dienone is 1. The Hall–Kier alpha value is -2.59. The number of anilines is 1. The van der Waals surface area contributed by atoms with Crippen molar-refractivity contribution in [3.8, 4) is 16.9 Å². The van der Waals surface area contributed by atoms with Crippen LogP contribution in [0.2, 0.25) is 0 Å². The molecule has 3 aromatic rings. The van der Waals surface area contributed by atoms with Gasteiger partial charge in [0.2, 0.25) is 0 Å². The molecular formula is C24H21BrN2O. The van der Waals surface area contributed by atoms with Gasteiger partial charge in [-0.3, -0.25) is 0 Å². The first kappa shape index (κ1) is 17.5. The van der Waals surface area contributed by atoms with Gasteiger partial charge in [0.15, 0.2) is 6.10 Å². The van der Waals surface area contributed by atoms with Gasteiger partial charge in [0.1, 0.15) is 10.4 Å². The van der Waals surface area contributed by atoms with Crippen molar-refractivity contribution >= 4 is 27.2 Å². The predicted octanol–water partition coefficient (Wildman–Crippen LogP) is 6.60. The van der Waals surface area contributed by atoms with Crippen LogP contribution < -0.4 is 10.1 Å². The lowest BCUT2D eigenvalue weighted by Crippen LogP contribution is -2.32. The van der Waals surface area contributed by atoms with Gasteiger partial charge in [-0.1, -0.05) is 36.4 Å². The first-order valence-electron chi connectivity index (χ1n) is 9.45. The lowest BCUT2D eigenvalue weighted by molar-refractivity contribution is 0.243. The molecule has 2 aliphatic rings. The molecule has 2 aliphatic heterocycles. The van der Waals surface area contributed by atoms with E-state index in [4.69, 9.17) is 4.74 Å². The highest BCUT2D eigenvalue weighted by Gasteiger charge is 2.34. The first-order valence-corrected chi connectivity index (χ1v) is 10.2. The van der Waals surface area contributed by atoms with Gasteiger partial charge < -0.3 is 10.1 Å². The molecule has 28 heavy (non-hydrogen) atoms. The Bertz CT molecular complexity index is 1120. The summed E-state index contributed by atoms with van der Waals surface area (Å²) in [6.45, 7) is 6.58. The number of pyridine rings is 1. The van der Waals surface area contributed by atoms with Crippen LogP contribution in [0.1, 0.15) is 43.6 Å². The van der Waals surface area contributed by atoms with Crippen LogP contribution in [0.15, 0.2) is 65.4 Å². The molecule has 140 valence electrons. The Balaban J connectivity index is 1.80. The second kappa shape index (κ2) is 6.21. The van der Waals surface area contributed by atoms with Crippen LogP contribution in [0.3, 0.4) is 0 Å². The Kier molecular flexibility index (Phi) is 3.88. The Morgan fingerprint density at radius 3 is 2.64 bits per heavy atom. The van der Waals surface area contributed by atoms with Crippen LogP contribution in [0.4, 0.5) is 5.69 Å². The number of nitrogens with zero attached hydrogens (tertiary/aromatic N) is 1. The van der Waals surface area contributed by atoms with Crippen molar-refractivity contribution in [2.75, 3.05) is 5.32 Å². The minimum absolute atomic E-state index is 0.0760. The number of ether oxygens (including phenoxy) is 1.